The summed E-state index contributed by atoms with van der Waals surface area (Å²) in [6.07, 6.45) is 2.39. The van der Waals surface area contributed by atoms with Crippen LogP contribution in [0.5, 0.6) is 0 Å². The Kier molecular flexibility index (Phi) is 4.38. The van der Waals surface area contributed by atoms with Crippen LogP contribution in [-0.4, -0.2) is 47.8 Å². The number of ether oxygens (including phenoxy) is 1. The van der Waals surface area contributed by atoms with E-state index in [1.165, 1.54) is 0 Å². The predicted octanol–water partition coefficient (Wildman–Crippen LogP) is 0.820. The average Bonchev–Trinajstić information content (AvgIpc) is 2.89. The van der Waals surface area contributed by atoms with E-state index in [1.807, 2.05) is 19.1 Å². The van der Waals surface area contributed by atoms with Gasteiger partial charge in [-0.1, -0.05) is 0 Å². The SMILES string of the molecule is CC1COC(CO)CN1C(=O)CCc1ccco1. The summed E-state index contributed by atoms with van der Waals surface area (Å²) in [6, 6.07) is 3.75. The molecule has 1 aromatic heterocycles. The molecule has 0 aliphatic carbocycles. The fraction of sp³-hybridized carbons (Fsp3) is 0.615. The molecule has 2 heterocycles. The number of rotatable bonds is 4. The molecule has 1 saturated heterocycles. The molecule has 2 unspecified atom stereocenters. The third kappa shape index (κ3) is 3.11. The van der Waals surface area contributed by atoms with Gasteiger partial charge < -0.3 is 19.2 Å². The van der Waals surface area contributed by atoms with Gasteiger partial charge in [-0.05, 0) is 19.1 Å². The summed E-state index contributed by atoms with van der Waals surface area (Å²) in [5, 5.41) is 9.08. The summed E-state index contributed by atoms with van der Waals surface area (Å²) in [7, 11) is 0. The molecule has 5 nitrogen and oxygen atoms in total. The van der Waals surface area contributed by atoms with Crippen LogP contribution in [0, 0.1) is 0 Å². The Bertz CT molecular complexity index is 376. The third-order valence-corrected chi connectivity index (χ3v) is 3.19. The summed E-state index contributed by atoms with van der Waals surface area (Å²) in [4.78, 5) is 13.9. The molecule has 1 aliphatic heterocycles. The van der Waals surface area contributed by atoms with Gasteiger partial charge in [-0.3, -0.25) is 4.79 Å². The number of hydrogen-bond acceptors (Lipinski definition) is 4. The second-order valence-electron chi connectivity index (χ2n) is 4.61. The first kappa shape index (κ1) is 13.1. The van der Waals surface area contributed by atoms with Gasteiger partial charge >= 0.3 is 0 Å². The summed E-state index contributed by atoms with van der Waals surface area (Å²) < 4.78 is 10.6. The highest BCUT2D eigenvalue weighted by atomic mass is 16.5. The Morgan fingerprint density at radius 2 is 2.44 bits per heavy atom. The van der Waals surface area contributed by atoms with Crippen LogP contribution in [0.25, 0.3) is 0 Å². The summed E-state index contributed by atoms with van der Waals surface area (Å²) in [5.41, 5.74) is 0. The first-order valence-corrected chi connectivity index (χ1v) is 6.25. The Labute approximate surface area is 106 Å². The minimum absolute atomic E-state index is 0.0469. The number of carbonyl (C=O) groups excluding carboxylic acids is 1. The van der Waals surface area contributed by atoms with Gasteiger partial charge in [-0.15, -0.1) is 0 Å². The molecule has 1 amide bonds. The summed E-state index contributed by atoms with van der Waals surface area (Å²) in [6.45, 7) is 2.86. The molecular formula is C13H19NO4. The molecule has 1 fully saturated rings. The Hall–Kier alpha value is -1.33. The van der Waals surface area contributed by atoms with Crippen molar-refractivity contribution in [3.63, 3.8) is 0 Å². The molecule has 1 aromatic rings. The van der Waals surface area contributed by atoms with Gasteiger partial charge in [0.1, 0.15) is 5.76 Å². The van der Waals surface area contributed by atoms with Gasteiger partial charge in [-0.2, -0.15) is 0 Å². The number of aryl methyl sites for hydroxylation is 1. The maximum absolute atomic E-state index is 12.1. The van der Waals surface area contributed by atoms with E-state index >= 15 is 0 Å². The van der Waals surface area contributed by atoms with Crippen molar-refractivity contribution in [2.75, 3.05) is 19.8 Å². The Morgan fingerprint density at radius 1 is 1.61 bits per heavy atom. The van der Waals surface area contributed by atoms with Crippen molar-refractivity contribution in [3.05, 3.63) is 24.2 Å². The number of aliphatic hydroxyl groups excluding tert-OH is 1. The lowest BCUT2D eigenvalue weighted by Gasteiger charge is -2.37. The van der Waals surface area contributed by atoms with E-state index in [-0.39, 0.29) is 24.7 Å². The third-order valence-electron chi connectivity index (χ3n) is 3.19. The predicted molar refractivity (Wildman–Crippen MR) is 65.0 cm³/mol. The van der Waals surface area contributed by atoms with Crippen molar-refractivity contribution in [2.24, 2.45) is 0 Å². The highest BCUT2D eigenvalue weighted by Gasteiger charge is 2.28. The van der Waals surface area contributed by atoms with E-state index in [1.54, 1.807) is 11.2 Å². The molecule has 1 aliphatic rings. The van der Waals surface area contributed by atoms with Crippen LogP contribution >= 0.6 is 0 Å². The number of nitrogens with zero attached hydrogens (tertiary/aromatic N) is 1. The van der Waals surface area contributed by atoms with Crippen LogP contribution in [0.2, 0.25) is 0 Å². The molecule has 5 heteroatoms. The fourth-order valence-electron chi connectivity index (χ4n) is 2.10. The molecule has 2 rings (SSSR count). The lowest BCUT2D eigenvalue weighted by molar-refractivity contribution is -0.146. The molecule has 0 spiro atoms. The standard InChI is InChI=1S/C13H19NO4/c1-10-9-18-12(8-15)7-14(10)13(16)5-4-11-3-2-6-17-11/h2-3,6,10,12,15H,4-5,7-9H2,1H3. The van der Waals surface area contributed by atoms with E-state index in [0.717, 1.165) is 5.76 Å². The van der Waals surface area contributed by atoms with Crippen molar-refractivity contribution < 1.29 is 19.1 Å². The smallest absolute Gasteiger partial charge is 0.223 e. The quantitative estimate of drug-likeness (QED) is 0.863. The minimum Gasteiger partial charge on any atom is -0.469 e. The number of aliphatic hydroxyl groups is 1. The number of furan rings is 1. The van der Waals surface area contributed by atoms with E-state index < -0.39 is 0 Å². The van der Waals surface area contributed by atoms with E-state index in [9.17, 15) is 4.79 Å². The normalized spacial score (nSPS) is 24.2. The van der Waals surface area contributed by atoms with Gasteiger partial charge in [0.05, 0.1) is 31.6 Å². The molecule has 0 saturated carbocycles. The fourth-order valence-corrected chi connectivity index (χ4v) is 2.10. The molecule has 100 valence electrons. The van der Waals surface area contributed by atoms with Crippen LogP contribution in [0.4, 0.5) is 0 Å². The van der Waals surface area contributed by atoms with Crippen molar-refractivity contribution in [1.82, 2.24) is 4.90 Å². The number of amides is 1. The molecule has 0 bridgehead atoms. The summed E-state index contributed by atoms with van der Waals surface area (Å²) >= 11 is 0. The van der Waals surface area contributed by atoms with E-state index in [2.05, 4.69) is 0 Å². The average molecular weight is 253 g/mol. The second-order valence-corrected chi connectivity index (χ2v) is 4.61. The largest absolute Gasteiger partial charge is 0.469 e. The van der Waals surface area contributed by atoms with Crippen LogP contribution in [0.1, 0.15) is 19.1 Å². The van der Waals surface area contributed by atoms with Crippen molar-refractivity contribution >= 4 is 5.91 Å². The zero-order valence-electron chi connectivity index (χ0n) is 10.5. The zero-order chi connectivity index (χ0) is 13.0. The van der Waals surface area contributed by atoms with E-state index in [0.29, 0.717) is 26.0 Å². The molecule has 18 heavy (non-hydrogen) atoms. The molecule has 0 radical (unpaired) electrons. The van der Waals surface area contributed by atoms with Gasteiger partial charge in [-0.25, -0.2) is 0 Å². The lowest BCUT2D eigenvalue weighted by Crippen LogP contribution is -2.52. The highest BCUT2D eigenvalue weighted by Crippen LogP contribution is 2.14. The van der Waals surface area contributed by atoms with Crippen molar-refractivity contribution in [1.29, 1.82) is 0 Å². The van der Waals surface area contributed by atoms with Crippen LogP contribution in [0.15, 0.2) is 22.8 Å². The highest BCUT2D eigenvalue weighted by molar-refractivity contribution is 5.76. The number of hydrogen-bond donors (Lipinski definition) is 1. The minimum atomic E-state index is -0.256. The van der Waals surface area contributed by atoms with Gasteiger partial charge in [0.25, 0.3) is 0 Å². The van der Waals surface area contributed by atoms with Crippen LogP contribution < -0.4 is 0 Å². The zero-order valence-corrected chi connectivity index (χ0v) is 10.5. The summed E-state index contributed by atoms with van der Waals surface area (Å²) in [5.74, 6) is 0.906. The first-order chi connectivity index (χ1) is 8.70. The maximum atomic E-state index is 12.1. The van der Waals surface area contributed by atoms with Crippen LogP contribution in [0.3, 0.4) is 0 Å². The topological polar surface area (TPSA) is 62.9 Å². The molecular weight excluding hydrogens is 234 g/mol. The maximum Gasteiger partial charge on any atom is 0.223 e. The first-order valence-electron chi connectivity index (χ1n) is 6.25. The second kappa shape index (κ2) is 6.02. The van der Waals surface area contributed by atoms with Gasteiger partial charge in [0.2, 0.25) is 5.91 Å². The number of morpholine rings is 1. The Balaban J connectivity index is 1.86. The lowest BCUT2D eigenvalue weighted by atomic mass is 10.1. The van der Waals surface area contributed by atoms with Gasteiger partial charge in [0.15, 0.2) is 0 Å². The molecule has 2 atom stereocenters. The van der Waals surface area contributed by atoms with Crippen molar-refractivity contribution in [3.8, 4) is 0 Å². The van der Waals surface area contributed by atoms with Crippen molar-refractivity contribution in [2.45, 2.75) is 31.9 Å². The molecule has 1 N–H and O–H groups in total. The Morgan fingerprint density at radius 3 is 3.11 bits per heavy atom. The molecule has 0 aromatic carbocycles. The van der Waals surface area contributed by atoms with E-state index in [4.69, 9.17) is 14.3 Å². The number of carbonyl (C=O) groups is 1. The monoisotopic (exact) mass is 253 g/mol. The van der Waals surface area contributed by atoms with Crippen LogP contribution in [-0.2, 0) is 16.0 Å². The van der Waals surface area contributed by atoms with Gasteiger partial charge in [0, 0.05) is 19.4 Å².